The molecule has 0 saturated carbocycles. The number of aromatic nitrogens is 2. The summed E-state index contributed by atoms with van der Waals surface area (Å²) < 4.78 is 5.39. The first-order valence-corrected chi connectivity index (χ1v) is 9.08. The Balaban J connectivity index is 2.05. The van der Waals surface area contributed by atoms with Gasteiger partial charge in [0.2, 0.25) is 0 Å². The van der Waals surface area contributed by atoms with Crippen molar-refractivity contribution in [1.82, 2.24) is 14.9 Å². The maximum atomic E-state index is 12.1. The molecule has 0 radical (unpaired) electrons. The maximum Gasteiger partial charge on any atom is 0.410 e. The molecule has 0 unspecified atom stereocenters. The smallest absolute Gasteiger partial charge is 0.410 e. The second-order valence-electron chi connectivity index (χ2n) is 6.73. The molecule has 0 aromatic carbocycles. The number of hydrogen-bond acceptors (Lipinski definition) is 7. The predicted octanol–water partition coefficient (Wildman–Crippen LogP) is 2.82. The van der Waals surface area contributed by atoms with Gasteiger partial charge in [-0.3, -0.25) is 4.79 Å². The number of nitrogens with one attached hydrogen (secondary N) is 1. The highest BCUT2D eigenvalue weighted by molar-refractivity contribution is 7.98. The molecule has 2 heterocycles. The van der Waals surface area contributed by atoms with Gasteiger partial charge in [-0.25, -0.2) is 14.8 Å². The zero-order valence-corrected chi connectivity index (χ0v) is 15.6. The van der Waals surface area contributed by atoms with E-state index in [-0.39, 0.29) is 17.9 Å². The molecule has 1 aromatic rings. The minimum absolute atomic E-state index is 0.0280. The van der Waals surface area contributed by atoms with Crippen LogP contribution < -0.4 is 5.32 Å². The average Bonchev–Trinajstić information content (AvgIpc) is 2.93. The third kappa shape index (κ3) is 4.83. The van der Waals surface area contributed by atoms with E-state index in [1.807, 2.05) is 27.0 Å². The molecule has 1 N–H and O–H groups in total. The van der Waals surface area contributed by atoms with Gasteiger partial charge in [0.05, 0.1) is 5.56 Å². The van der Waals surface area contributed by atoms with E-state index in [9.17, 15) is 9.59 Å². The lowest BCUT2D eigenvalue weighted by atomic mass is 10.2. The van der Waals surface area contributed by atoms with Crippen LogP contribution in [0.1, 0.15) is 44.5 Å². The van der Waals surface area contributed by atoms with E-state index in [0.29, 0.717) is 29.6 Å². The van der Waals surface area contributed by atoms with Gasteiger partial charge in [0.1, 0.15) is 11.4 Å². The zero-order valence-electron chi connectivity index (χ0n) is 14.8. The van der Waals surface area contributed by atoms with E-state index in [1.165, 1.54) is 18.7 Å². The molecule has 1 aliphatic rings. The summed E-state index contributed by atoms with van der Waals surface area (Å²) in [7, 11) is 0. The van der Waals surface area contributed by atoms with E-state index in [1.54, 1.807) is 11.1 Å². The Morgan fingerprint density at radius 2 is 2.12 bits per heavy atom. The Kier molecular flexibility index (Phi) is 5.69. The molecule has 2 rings (SSSR count). The number of Topliss-reactive ketones (excluding diaryl/α,β-unsaturated/α-hetero) is 1. The fourth-order valence-electron chi connectivity index (χ4n) is 2.40. The van der Waals surface area contributed by atoms with Crippen molar-refractivity contribution in [2.45, 2.75) is 50.9 Å². The number of carbonyl (C=O) groups excluding carboxylic acids is 2. The zero-order chi connectivity index (χ0) is 17.9. The number of rotatable bonds is 4. The number of ketones is 1. The van der Waals surface area contributed by atoms with Crippen molar-refractivity contribution in [2.75, 3.05) is 24.7 Å². The lowest BCUT2D eigenvalue weighted by Gasteiger charge is -2.24. The number of hydrogen-bond donors (Lipinski definition) is 1. The van der Waals surface area contributed by atoms with Crippen molar-refractivity contribution in [3.8, 4) is 0 Å². The van der Waals surface area contributed by atoms with Gasteiger partial charge < -0.3 is 15.0 Å². The molecule has 1 aromatic heterocycles. The van der Waals surface area contributed by atoms with Gasteiger partial charge >= 0.3 is 6.09 Å². The summed E-state index contributed by atoms with van der Waals surface area (Å²) in [6, 6.07) is 0.0280. The second-order valence-corrected chi connectivity index (χ2v) is 7.50. The number of amides is 1. The number of anilines is 1. The Morgan fingerprint density at radius 1 is 1.42 bits per heavy atom. The van der Waals surface area contributed by atoms with Crippen LogP contribution in [0.3, 0.4) is 0 Å². The van der Waals surface area contributed by atoms with Crippen LogP contribution in [0, 0.1) is 0 Å². The van der Waals surface area contributed by atoms with Crippen LogP contribution in [0.15, 0.2) is 11.4 Å². The van der Waals surface area contributed by atoms with E-state index in [0.717, 1.165) is 6.42 Å². The van der Waals surface area contributed by atoms with Crippen LogP contribution in [0.4, 0.5) is 10.6 Å². The minimum atomic E-state index is -0.510. The summed E-state index contributed by atoms with van der Waals surface area (Å²) in [5, 5.41) is 3.88. The number of carbonyl (C=O) groups is 2. The summed E-state index contributed by atoms with van der Waals surface area (Å²) in [5.41, 5.74) is -0.0480. The van der Waals surface area contributed by atoms with Gasteiger partial charge in [0.15, 0.2) is 10.9 Å². The number of likely N-dealkylation sites (tertiary alicyclic amines) is 1. The fraction of sp³-hybridized carbons (Fsp3) is 0.625. The summed E-state index contributed by atoms with van der Waals surface area (Å²) in [6.07, 6.45) is 3.89. The quantitative estimate of drug-likeness (QED) is 0.507. The summed E-state index contributed by atoms with van der Waals surface area (Å²) >= 11 is 1.42. The Hall–Kier alpha value is -1.83. The highest BCUT2D eigenvalue weighted by Crippen LogP contribution is 2.22. The van der Waals surface area contributed by atoms with Crippen molar-refractivity contribution in [2.24, 2.45) is 0 Å². The first-order chi connectivity index (χ1) is 11.2. The molecule has 1 saturated heterocycles. The first-order valence-electron chi connectivity index (χ1n) is 7.86. The van der Waals surface area contributed by atoms with E-state index in [2.05, 4.69) is 15.3 Å². The van der Waals surface area contributed by atoms with Gasteiger partial charge in [-0.05, 0) is 40.4 Å². The lowest BCUT2D eigenvalue weighted by Crippen LogP contribution is -2.36. The third-order valence-corrected chi connectivity index (χ3v) is 4.07. The molecule has 132 valence electrons. The van der Waals surface area contributed by atoms with Crippen LogP contribution in [-0.2, 0) is 4.74 Å². The van der Waals surface area contributed by atoms with Gasteiger partial charge in [0, 0.05) is 25.3 Å². The van der Waals surface area contributed by atoms with Crippen molar-refractivity contribution in [3.05, 3.63) is 11.8 Å². The molecule has 1 atom stereocenters. The predicted molar refractivity (Wildman–Crippen MR) is 93.7 cm³/mol. The fourth-order valence-corrected chi connectivity index (χ4v) is 2.74. The summed E-state index contributed by atoms with van der Waals surface area (Å²) in [4.78, 5) is 34.1. The normalized spacial score (nSPS) is 17.7. The minimum Gasteiger partial charge on any atom is -0.444 e. The molecule has 1 amide bonds. The molecule has 0 spiro atoms. The number of nitrogens with zero attached hydrogens (tertiary/aromatic N) is 3. The van der Waals surface area contributed by atoms with Crippen molar-refractivity contribution < 1.29 is 14.3 Å². The Morgan fingerprint density at radius 3 is 2.71 bits per heavy atom. The SMILES string of the molecule is CSc1ncc(C(C)=O)c(N[C@H]2CCN(C(=O)OC(C)(C)C)C2)n1. The van der Waals surface area contributed by atoms with Crippen molar-refractivity contribution in [3.63, 3.8) is 0 Å². The van der Waals surface area contributed by atoms with Crippen LogP contribution in [0.2, 0.25) is 0 Å². The van der Waals surface area contributed by atoms with Crippen LogP contribution in [0.25, 0.3) is 0 Å². The monoisotopic (exact) mass is 352 g/mol. The molecular formula is C16H24N4O3S. The Labute approximate surface area is 146 Å². The molecule has 0 bridgehead atoms. The standard InChI is InChI=1S/C16H24N4O3S/c1-10(21)12-8-17-14(24-5)19-13(12)18-11-6-7-20(9-11)15(22)23-16(2,3)4/h8,11H,6-7,9H2,1-5H3,(H,17,18,19)/t11-/m0/s1. The highest BCUT2D eigenvalue weighted by Gasteiger charge is 2.30. The largest absolute Gasteiger partial charge is 0.444 e. The molecule has 1 aliphatic heterocycles. The highest BCUT2D eigenvalue weighted by atomic mass is 32.2. The Bertz CT molecular complexity index is 630. The number of thioether (sulfide) groups is 1. The van der Waals surface area contributed by atoms with Crippen molar-refractivity contribution in [1.29, 1.82) is 0 Å². The van der Waals surface area contributed by atoms with Crippen LogP contribution in [0.5, 0.6) is 0 Å². The van der Waals surface area contributed by atoms with Gasteiger partial charge in [0.25, 0.3) is 0 Å². The van der Waals surface area contributed by atoms with E-state index in [4.69, 9.17) is 4.74 Å². The third-order valence-electron chi connectivity index (χ3n) is 3.51. The van der Waals surface area contributed by atoms with Crippen molar-refractivity contribution >= 4 is 29.5 Å². The molecular weight excluding hydrogens is 328 g/mol. The van der Waals surface area contributed by atoms with E-state index >= 15 is 0 Å². The summed E-state index contributed by atoms with van der Waals surface area (Å²) in [5.74, 6) is 0.435. The van der Waals surface area contributed by atoms with Crippen LogP contribution >= 0.6 is 11.8 Å². The molecule has 0 aliphatic carbocycles. The van der Waals surface area contributed by atoms with Gasteiger partial charge in [-0.1, -0.05) is 11.8 Å². The lowest BCUT2D eigenvalue weighted by molar-refractivity contribution is 0.0293. The molecule has 24 heavy (non-hydrogen) atoms. The van der Waals surface area contributed by atoms with Gasteiger partial charge in [-0.2, -0.15) is 0 Å². The van der Waals surface area contributed by atoms with E-state index < -0.39 is 5.60 Å². The second kappa shape index (κ2) is 7.38. The van der Waals surface area contributed by atoms with Gasteiger partial charge in [-0.15, -0.1) is 0 Å². The molecule has 1 fully saturated rings. The first kappa shape index (κ1) is 18.5. The summed E-state index contributed by atoms with van der Waals surface area (Å²) in [6.45, 7) is 8.17. The number of ether oxygens (including phenoxy) is 1. The topological polar surface area (TPSA) is 84.4 Å². The maximum absolute atomic E-state index is 12.1. The average molecular weight is 352 g/mol. The molecule has 7 nitrogen and oxygen atoms in total. The molecule has 8 heteroatoms. The van der Waals surface area contributed by atoms with Crippen LogP contribution in [-0.4, -0.2) is 57.7 Å².